The molecule has 0 saturated heterocycles. The van der Waals surface area contributed by atoms with Gasteiger partial charge in [-0.2, -0.15) is 0 Å². The number of nitrogens with zero attached hydrogens (tertiary/aromatic N) is 1. The zero-order valence-electron chi connectivity index (χ0n) is 11.0. The van der Waals surface area contributed by atoms with E-state index in [0.29, 0.717) is 21.5 Å². The van der Waals surface area contributed by atoms with E-state index in [4.69, 9.17) is 34.8 Å². The van der Waals surface area contributed by atoms with Crippen LogP contribution in [0.3, 0.4) is 0 Å². The minimum atomic E-state index is 0.0506. The second kappa shape index (κ2) is 7.28. The van der Waals surface area contributed by atoms with Gasteiger partial charge in [0.25, 0.3) is 0 Å². The third kappa shape index (κ3) is 3.86. The fourth-order valence-electron chi connectivity index (χ4n) is 2.05. The molecule has 1 aromatic carbocycles. The van der Waals surface area contributed by atoms with Gasteiger partial charge in [0.1, 0.15) is 0 Å². The standard InChI is InChI=1S/C15H15Cl3N2/c1-2-19-15(14-7-6-10(16)9-20-14)8-11-12(17)4-3-5-13(11)18/h3-7,9,15,19H,2,8H2,1H3. The highest BCUT2D eigenvalue weighted by Crippen LogP contribution is 2.29. The molecule has 1 atom stereocenters. The summed E-state index contributed by atoms with van der Waals surface area (Å²) in [5, 5.41) is 5.37. The Balaban J connectivity index is 2.28. The van der Waals surface area contributed by atoms with E-state index in [0.717, 1.165) is 17.8 Å². The van der Waals surface area contributed by atoms with Gasteiger partial charge >= 0.3 is 0 Å². The van der Waals surface area contributed by atoms with Gasteiger partial charge in [-0.25, -0.2) is 0 Å². The van der Waals surface area contributed by atoms with Crippen molar-refractivity contribution in [3.63, 3.8) is 0 Å². The van der Waals surface area contributed by atoms with Crippen molar-refractivity contribution in [2.24, 2.45) is 0 Å². The molecule has 0 saturated carbocycles. The fraction of sp³-hybridized carbons (Fsp3) is 0.267. The summed E-state index contributed by atoms with van der Waals surface area (Å²) in [6, 6.07) is 9.34. The van der Waals surface area contributed by atoms with E-state index in [9.17, 15) is 0 Å². The van der Waals surface area contributed by atoms with Crippen LogP contribution >= 0.6 is 34.8 Å². The van der Waals surface area contributed by atoms with Crippen LogP contribution in [0.1, 0.15) is 24.2 Å². The first-order valence-electron chi connectivity index (χ1n) is 6.39. The summed E-state index contributed by atoms with van der Waals surface area (Å²) >= 11 is 18.3. The summed E-state index contributed by atoms with van der Waals surface area (Å²) in [6.45, 7) is 2.88. The molecular weight excluding hydrogens is 315 g/mol. The SMILES string of the molecule is CCNC(Cc1c(Cl)cccc1Cl)c1ccc(Cl)cn1. The molecule has 0 radical (unpaired) electrons. The molecule has 1 unspecified atom stereocenters. The Labute approximate surface area is 134 Å². The third-order valence-corrected chi connectivity index (χ3v) is 3.96. The van der Waals surface area contributed by atoms with Crippen LogP contribution in [0.5, 0.6) is 0 Å². The highest BCUT2D eigenvalue weighted by Gasteiger charge is 2.16. The lowest BCUT2D eigenvalue weighted by molar-refractivity contribution is 0.537. The molecule has 0 aliphatic rings. The van der Waals surface area contributed by atoms with E-state index >= 15 is 0 Å². The number of hydrogen-bond acceptors (Lipinski definition) is 2. The molecule has 20 heavy (non-hydrogen) atoms. The van der Waals surface area contributed by atoms with E-state index in [1.807, 2.05) is 30.3 Å². The lowest BCUT2D eigenvalue weighted by Crippen LogP contribution is -2.24. The number of likely N-dealkylation sites (N-methyl/N-ethyl adjacent to an activating group) is 1. The Morgan fingerprint density at radius 3 is 2.35 bits per heavy atom. The third-order valence-electron chi connectivity index (χ3n) is 3.03. The molecule has 0 fully saturated rings. The highest BCUT2D eigenvalue weighted by molar-refractivity contribution is 6.36. The molecule has 0 aliphatic carbocycles. The molecular formula is C15H15Cl3N2. The lowest BCUT2D eigenvalue weighted by atomic mass is 10.0. The number of pyridine rings is 1. The van der Waals surface area contributed by atoms with Gasteiger partial charge in [-0.15, -0.1) is 0 Å². The van der Waals surface area contributed by atoms with E-state index in [-0.39, 0.29) is 6.04 Å². The second-order valence-electron chi connectivity index (χ2n) is 4.42. The van der Waals surface area contributed by atoms with Crippen LogP contribution in [0.4, 0.5) is 0 Å². The molecule has 0 aliphatic heterocycles. The largest absolute Gasteiger partial charge is 0.309 e. The molecule has 106 valence electrons. The topological polar surface area (TPSA) is 24.9 Å². The maximum atomic E-state index is 6.23. The van der Waals surface area contributed by atoms with Crippen LogP contribution in [0.2, 0.25) is 15.1 Å². The van der Waals surface area contributed by atoms with E-state index in [2.05, 4.69) is 17.2 Å². The van der Waals surface area contributed by atoms with Gasteiger partial charge < -0.3 is 5.32 Å². The Bertz CT molecular complexity index is 550. The van der Waals surface area contributed by atoms with Crippen LogP contribution in [0.15, 0.2) is 36.5 Å². The summed E-state index contributed by atoms with van der Waals surface area (Å²) in [4.78, 5) is 4.37. The summed E-state index contributed by atoms with van der Waals surface area (Å²) in [5.74, 6) is 0. The van der Waals surface area contributed by atoms with Gasteiger partial charge in [0.15, 0.2) is 0 Å². The van der Waals surface area contributed by atoms with Crippen LogP contribution in [-0.2, 0) is 6.42 Å². The Kier molecular flexibility index (Phi) is 5.67. The predicted molar refractivity (Wildman–Crippen MR) is 85.8 cm³/mol. The zero-order valence-corrected chi connectivity index (χ0v) is 13.3. The van der Waals surface area contributed by atoms with E-state index < -0.39 is 0 Å². The summed E-state index contributed by atoms with van der Waals surface area (Å²) in [6.07, 6.45) is 2.33. The lowest BCUT2D eigenvalue weighted by Gasteiger charge is -2.19. The number of halogens is 3. The van der Waals surface area contributed by atoms with Crippen molar-refractivity contribution in [2.45, 2.75) is 19.4 Å². The number of rotatable bonds is 5. The first kappa shape index (κ1) is 15.6. The number of nitrogens with one attached hydrogen (secondary N) is 1. The normalized spacial score (nSPS) is 12.4. The quantitative estimate of drug-likeness (QED) is 0.841. The summed E-state index contributed by atoms with van der Waals surface area (Å²) < 4.78 is 0. The molecule has 2 aromatic rings. The maximum Gasteiger partial charge on any atom is 0.0589 e. The van der Waals surface area contributed by atoms with Crippen LogP contribution in [0, 0.1) is 0 Å². The Morgan fingerprint density at radius 1 is 1.10 bits per heavy atom. The summed E-state index contributed by atoms with van der Waals surface area (Å²) in [7, 11) is 0. The average Bonchev–Trinajstić information content (AvgIpc) is 2.43. The average molecular weight is 330 g/mol. The summed E-state index contributed by atoms with van der Waals surface area (Å²) in [5.41, 5.74) is 1.85. The van der Waals surface area contributed by atoms with Crippen molar-refractivity contribution < 1.29 is 0 Å². The predicted octanol–water partition coefficient (Wildman–Crippen LogP) is 4.94. The van der Waals surface area contributed by atoms with Crippen LogP contribution in [-0.4, -0.2) is 11.5 Å². The van der Waals surface area contributed by atoms with E-state index in [1.165, 1.54) is 0 Å². The monoisotopic (exact) mass is 328 g/mol. The number of hydrogen-bond donors (Lipinski definition) is 1. The van der Waals surface area contributed by atoms with Crippen molar-refractivity contribution in [2.75, 3.05) is 6.54 Å². The minimum Gasteiger partial charge on any atom is -0.309 e. The van der Waals surface area contributed by atoms with Crippen molar-refractivity contribution in [1.29, 1.82) is 0 Å². The molecule has 0 amide bonds. The Morgan fingerprint density at radius 2 is 1.80 bits per heavy atom. The molecule has 1 heterocycles. The van der Waals surface area contributed by atoms with Crippen LogP contribution < -0.4 is 5.32 Å². The molecule has 1 aromatic heterocycles. The van der Waals surface area contributed by atoms with Gasteiger partial charge in [-0.1, -0.05) is 47.8 Å². The number of aromatic nitrogens is 1. The van der Waals surface area contributed by atoms with Gasteiger partial charge in [0, 0.05) is 16.2 Å². The molecule has 2 rings (SSSR count). The second-order valence-corrected chi connectivity index (χ2v) is 5.67. The van der Waals surface area contributed by atoms with Gasteiger partial charge in [0.2, 0.25) is 0 Å². The highest BCUT2D eigenvalue weighted by atomic mass is 35.5. The van der Waals surface area contributed by atoms with E-state index in [1.54, 1.807) is 6.20 Å². The van der Waals surface area contributed by atoms with Gasteiger partial charge in [-0.05, 0) is 42.8 Å². The maximum absolute atomic E-state index is 6.23. The van der Waals surface area contributed by atoms with Gasteiger partial charge in [-0.3, -0.25) is 4.98 Å². The van der Waals surface area contributed by atoms with Crippen molar-refractivity contribution in [3.8, 4) is 0 Å². The van der Waals surface area contributed by atoms with Crippen molar-refractivity contribution in [1.82, 2.24) is 10.3 Å². The molecule has 0 bridgehead atoms. The smallest absolute Gasteiger partial charge is 0.0589 e. The first-order chi connectivity index (χ1) is 9.61. The number of benzene rings is 1. The van der Waals surface area contributed by atoms with Crippen LogP contribution in [0.25, 0.3) is 0 Å². The Hall–Kier alpha value is -0.800. The zero-order chi connectivity index (χ0) is 14.5. The molecule has 5 heteroatoms. The van der Waals surface area contributed by atoms with Crippen molar-refractivity contribution in [3.05, 3.63) is 62.9 Å². The first-order valence-corrected chi connectivity index (χ1v) is 7.53. The fourth-order valence-corrected chi connectivity index (χ4v) is 2.72. The minimum absolute atomic E-state index is 0.0506. The van der Waals surface area contributed by atoms with Gasteiger partial charge in [0.05, 0.1) is 16.8 Å². The molecule has 1 N–H and O–H groups in total. The molecule has 2 nitrogen and oxygen atoms in total. The van der Waals surface area contributed by atoms with Crippen molar-refractivity contribution >= 4 is 34.8 Å². The molecule has 0 spiro atoms.